The van der Waals surface area contributed by atoms with Crippen molar-refractivity contribution >= 4 is 11.8 Å². The average molecular weight is 328 g/mol. The van der Waals surface area contributed by atoms with Crippen LogP contribution in [0.3, 0.4) is 0 Å². The van der Waals surface area contributed by atoms with Crippen molar-refractivity contribution in [2.75, 3.05) is 26.3 Å². The van der Waals surface area contributed by atoms with E-state index < -0.39 is 5.41 Å². The number of hydrogen-bond acceptors (Lipinski definition) is 3. The van der Waals surface area contributed by atoms with E-state index in [4.69, 9.17) is 4.74 Å². The van der Waals surface area contributed by atoms with Crippen LogP contribution in [0.4, 0.5) is 0 Å². The number of likely N-dealkylation sites (tertiary alicyclic amines) is 1. The van der Waals surface area contributed by atoms with E-state index in [-0.39, 0.29) is 17.9 Å². The molecule has 1 aromatic carbocycles. The lowest BCUT2D eigenvalue weighted by atomic mass is 9.71. The number of carbonyl (C=O) groups is 2. The lowest BCUT2D eigenvalue weighted by molar-refractivity contribution is -0.134. The number of nitrogens with one attached hydrogen (secondary N) is 1. The van der Waals surface area contributed by atoms with Gasteiger partial charge in [0.25, 0.3) is 0 Å². The molecule has 128 valence electrons. The van der Waals surface area contributed by atoms with Crippen molar-refractivity contribution in [3.05, 3.63) is 48.6 Å². The van der Waals surface area contributed by atoms with Crippen LogP contribution in [0, 0.1) is 0 Å². The van der Waals surface area contributed by atoms with Crippen molar-refractivity contribution in [2.24, 2.45) is 0 Å². The van der Waals surface area contributed by atoms with Gasteiger partial charge in [-0.3, -0.25) is 9.59 Å². The molecule has 24 heavy (non-hydrogen) atoms. The van der Waals surface area contributed by atoms with Crippen LogP contribution in [0.2, 0.25) is 0 Å². The Morgan fingerprint density at radius 3 is 2.54 bits per heavy atom. The van der Waals surface area contributed by atoms with E-state index in [2.05, 4.69) is 11.9 Å². The van der Waals surface area contributed by atoms with Gasteiger partial charge in [-0.2, -0.15) is 0 Å². The van der Waals surface area contributed by atoms with Crippen LogP contribution in [0.25, 0.3) is 0 Å². The first kappa shape index (κ1) is 16.7. The summed E-state index contributed by atoms with van der Waals surface area (Å²) in [5.41, 5.74) is 0.439. The van der Waals surface area contributed by atoms with Crippen LogP contribution in [-0.4, -0.2) is 49.1 Å². The van der Waals surface area contributed by atoms with Gasteiger partial charge in [0.2, 0.25) is 11.8 Å². The van der Waals surface area contributed by atoms with Gasteiger partial charge in [0.15, 0.2) is 0 Å². The summed E-state index contributed by atoms with van der Waals surface area (Å²) in [6, 6.07) is 9.99. The predicted octanol–water partition coefficient (Wildman–Crippen LogP) is 1.64. The average Bonchev–Trinajstić information content (AvgIpc) is 3.15. The number of rotatable bonds is 4. The van der Waals surface area contributed by atoms with Gasteiger partial charge < -0.3 is 15.0 Å². The smallest absolute Gasteiger partial charge is 0.245 e. The molecule has 0 unspecified atom stereocenters. The number of carbonyl (C=O) groups excluding carboxylic acids is 2. The summed E-state index contributed by atoms with van der Waals surface area (Å²) in [7, 11) is 0. The van der Waals surface area contributed by atoms with Crippen LogP contribution in [0.1, 0.15) is 24.8 Å². The first-order valence-corrected chi connectivity index (χ1v) is 8.51. The van der Waals surface area contributed by atoms with Crippen molar-refractivity contribution in [1.29, 1.82) is 0 Å². The Balaban J connectivity index is 1.81. The summed E-state index contributed by atoms with van der Waals surface area (Å²) >= 11 is 0. The highest BCUT2D eigenvalue weighted by Gasteiger charge is 2.44. The lowest BCUT2D eigenvalue weighted by Crippen LogP contribution is -2.54. The SMILES string of the molecule is C=CC(=O)N1CCC(C(=O)N[C@@H]2CCOC2)(c2ccccc2)CC1. The van der Waals surface area contributed by atoms with Crippen molar-refractivity contribution in [1.82, 2.24) is 10.2 Å². The molecule has 5 nitrogen and oxygen atoms in total. The van der Waals surface area contributed by atoms with Crippen LogP contribution in [-0.2, 0) is 19.7 Å². The molecule has 2 aliphatic rings. The zero-order chi connectivity index (χ0) is 17.0. The molecule has 3 rings (SSSR count). The molecule has 0 aliphatic carbocycles. The number of ether oxygens (including phenoxy) is 1. The molecular formula is C19H24N2O3. The van der Waals surface area contributed by atoms with Crippen LogP contribution in [0.5, 0.6) is 0 Å². The monoisotopic (exact) mass is 328 g/mol. The van der Waals surface area contributed by atoms with Gasteiger partial charge in [-0.15, -0.1) is 0 Å². The molecular weight excluding hydrogens is 304 g/mol. The highest BCUT2D eigenvalue weighted by atomic mass is 16.5. The Kier molecular flexibility index (Phi) is 5.00. The first-order chi connectivity index (χ1) is 11.7. The van der Waals surface area contributed by atoms with E-state index in [0.717, 1.165) is 12.0 Å². The van der Waals surface area contributed by atoms with Gasteiger partial charge in [-0.05, 0) is 30.9 Å². The molecule has 0 radical (unpaired) electrons. The van der Waals surface area contributed by atoms with Gasteiger partial charge in [0.1, 0.15) is 0 Å². The molecule has 5 heteroatoms. The number of hydrogen-bond donors (Lipinski definition) is 1. The summed E-state index contributed by atoms with van der Waals surface area (Å²) in [5.74, 6) is -0.0174. The van der Waals surface area contributed by atoms with Crippen LogP contribution in [0.15, 0.2) is 43.0 Å². The zero-order valence-electron chi connectivity index (χ0n) is 13.9. The van der Waals surface area contributed by atoms with Gasteiger partial charge in [0, 0.05) is 19.7 Å². The van der Waals surface area contributed by atoms with Gasteiger partial charge >= 0.3 is 0 Å². The number of piperidine rings is 1. The topological polar surface area (TPSA) is 58.6 Å². The van der Waals surface area contributed by atoms with Crippen LogP contribution < -0.4 is 5.32 Å². The highest BCUT2D eigenvalue weighted by molar-refractivity contribution is 5.90. The summed E-state index contributed by atoms with van der Waals surface area (Å²) in [5, 5.41) is 3.16. The minimum atomic E-state index is -0.582. The van der Waals surface area contributed by atoms with Gasteiger partial charge in [-0.25, -0.2) is 0 Å². The molecule has 1 N–H and O–H groups in total. The molecule has 0 saturated carbocycles. The largest absolute Gasteiger partial charge is 0.379 e. The maximum absolute atomic E-state index is 13.1. The molecule has 2 heterocycles. The quantitative estimate of drug-likeness (QED) is 0.855. The summed E-state index contributed by atoms with van der Waals surface area (Å²) in [6.07, 6.45) is 3.44. The Morgan fingerprint density at radius 1 is 1.25 bits per heavy atom. The standard InChI is InChI=1S/C19H24N2O3/c1-2-17(22)21-11-9-19(10-12-21,15-6-4-3-5-7-15)18(23)20-16-8-13-24-14-16/h2-7,16H,1,8-14H2,(H,20,23)/t16-/m1/s1. The molecule has 2 amide bonds. The Bertz CT molecular complexity index is 600. The fraction of sp³-hybridized carbons (Fsp3) is 0.474. The fourth-order valence-corrected chi connectivity index (χ4v) is 3.61. The molecule has 1 atom stereocenters. The zero-order valence-corrected chi connectivity index (χ0v) is 13.9. The third kappa shape index (κ3) is 3.22. The second-order valence-electron chi connectivity index (χ2n) is 6.51. The third-order valence-corrected chi connectivity index (χ3v) is 5.13. The molecule has 2 fully saturated rings. The molecule has 2 aliphatic heterocycles. The summed E-state index contributed by atoms with van der Waals surface area (Å²) < 4.78 is 5.37. The van der Waals surface area contributed by atoms with Crippen molar-refractivity contribution < 1.29 is 14.3 Å². The maximum Gasteiger partial charge on any atom is 0.245 e. The number of nitrogens with zero attached hydrogens (tertiary/aromatic N) is 1. The van der Waals surface area contributed by atoms with Crippen molar-refractivity contribution in [3.8, 4) is 0 Å². The molecule has 2 saturated heterocycles. The minimum absolute atomic E-state index is 0.0508. The van der Waals surface area contributed by atoms with E-state index in [1.165, 1.54) is 6.08 Å². The van der Waals surface area contributed by atoms with Crippen molar-refractivity contribution in [3.63, 3.8) is 0 Å². The summed E-state index contributed by atoms with van der Waals surface area (Å²) in [4.78, 5) is 26.8. The van der Waals surface area contributed by atoms with E-state index in [9.17, 15) is 9.59 Å². The first-order valence-electron chi connectivity index (χ1n) is 8.51. The number of amides is 2. The molecule has 0 aromatic heterocycles. The van der Waals surface area contributed by atoms with E-state index in [0.29, 0.717) is 39.1 Å². The lowest BCUT2D eigenvalue weighted by Gasteiger charge is -2.41. The normalized spacial score (nSPS) is 22.8. The maximum atomic E-state index is 13.1. The fourth-order valence-electron chi connectivity index (χ4n) is 3.61. The summed E-state index contributed by atoms with van der Waals surface area (Å²) in [6.45, 7) is 5.96. The minimum Gasteiger partial charge on any atom is -0.379 e. The predicted molar refractivity (Wildman–Crippen MR) is 91.5 cm³/mol. The third-order valence-electron chi connectivity index (χ3n) is 5.13. The van der Waals surface area contributed by atoms with Gasteiger partial charge in [0.05, 0.1) is 18.1 Å². The van der Waals surface area contributed by atoms with E-state index in [1.807, 2.05) is 30.3 Å². The Morgan fingerprint density at radius 2 is 1.96 bits per heavy atom. The van der Waals surface area contributed by atoms with E-state index >= 15 is 0 Å². The second kappa shape index (κ2) is 7.18. The van der Waals surface area contributed by atoms with Crippen LogP contribution >= 0.6 is 0 Å². The molecule has 1 aromatic rings. The van der Waals surface area contributed by atoms with Gasteiger partial charge in [-0.1, -0.05) is 36.9 Å². The molecule has 0 bridgehead atoms. The highest BCUT2D eigenvalue weighted by Crippen LogP contribution is 2.36. The number of benzene rings is 1. The van der Waals surface area contributed by atoms with Crippen molar-refractivity contribution in [2.45, 2.75) is 30.7 Å². The van der Waals surface area contributed by atoms with E-state index in [1.54, 1.807) is 4.90 Å². The second-order valence-corrected chi connectivity index (χ2v) is 6.51. The Hall–Kier alpha value is -2.14. The Labute approximate surface area is 142 Å². The molecule has 0 spiro atoms.